The molecular weight excluding hydrogens is 362 g/mol. The van der Waals surface area contributed by atoms with Crippen molar-refractivity contribution in [3.8, 4) is 0 Å². The smallest absolute Gasteiger partial charge is 0.305 e. The highest BCUT2D eigenvalue weighted by molar-refractivity contribution is 5.68. The minimum absolute atomic E-state index is 0.158. The molecule has 0 heterocycles. The van der Waals surface area contributed by atoms with E-state index in [0.717, 1.165) is 38.8 Å². The van der Waals surface area contributed by atoms with Crippen LogP contribution in [0.25, 0.3) is 0 Å². The average molecular weight is 396 g/mol. The second-order valence-electron chi connectivity index (χ2n) is 7.75. The van der Waals surface area contributed by atoms with E-state index in [1.165, 1.54) is 11.1 Å². The van der Waals surface area contributed by atoms with Gasteiger partial charge in [-0.15, -0.1) is 0 Å². The Kier molecular flexibility index (Phi) is 8.72. The quantitative estimate of drug-likeness (QED) is 0.421. The molecule has 0 unspecified atom stereocenters. The summed E-state index contributed by atoms with van der Waals surface area (Å²) < 4.78 is 11.0. The Balaban J connectivity index is 1.51. The van der Waals surface area contributed by atoms with Gasteiger partial charge in [-0.25, -0.2) is 0 Å². The van der Waals surface area contributed by atoms with Gasteiger partial charge in [0.25, 0.3) is 0 Å². The van der Waals surface area contributed by atoms with Crippen LogP contribution in [0.3, 0.4) is 0 Å². The van der Waals surface area contributed by atoms with Crippen LogP contribution >= 0.6 is 0 Å². The predicted octanol–water partition coefficient (Wildman–Crippen LogP) is 4.97. The number of esters is 1. The Morgan fingerprint density at radius 3 is 1.93 bits per heavy atom. The summed E-state index contributed by atoms with van der Waals surface area (Å²) in [6.45, 7) is 4.61. The Morgan fingerprint density at radius 1 is 0.862 bits per heavy atom. The van der Waals surface area contributed by atoms with Gasteiger partial charge in [-0.05, 0) is 36.8 Å². The van der Waals surface area contributed by atoms with Gasteiger partial charge in [0.2, 0.25) is 0 Å². The number of carbonyl (C=O) groups is 1. The molecule has 0 N–H and O–H groups in total. The van der Waals surface area contributed by atoms with Gasteiger partial charge in [0.1, 0.15) is 6.61 Å². The summed E-state index contributed by atoms with van der Waals surface area (Å²) in [5.74, 6) is -0.158. The van der Waals surface area contributed by atoms with E-state index in [2.05, 4.69) is 65.6 Å². The lowest BCUT2D eigenvalue weighted by Gasteiger charge is -2.37. The van der Waals surface area contributed by atoms with Crippen LogP contribution in [0.5, 0.6) is 0 Å². The number of nitrogens with zero attached hydrogens (tertiary/aromatic N) is 1. The summed E-state index contributed by atoms with van der Waals surface area (Å²) >= 11 is 0. The molecule has 1 aliphatic rings. The first-order chi connectivity index (χ1) is 14.2. The van der Waals surface area contributed by atoms with Crippen LogP contribution in [0.1, 0.15) is 50.2 Å². The van der Waals surface area contributed by atoms with Crippen molar-refractivity contribution in [3.05, 3.63) is 71.8 Å². The third kappa shape index (κ3) is 7.30. The monoisotopic (exact) mass is 395 g/mol. The van der Waals surface area contributed by atoms with Crippen LogP contribution in [0.15, 0.2) is 60.7 Å². The SMILES string of the molecule is CCC(=O)OCCO[C@H]1CC[C@H](N(Cc2ccccc2)Cc2ccccc2)CC1. The zero-order valence-corrected chi connectivity index (χ0v) is 17.5. The molecule has 29 heavy (non-hydrogen) atoms. The number of benzene rings is 2. The first-order valence-electron chi connectivity index (χ1n) is 10.8. The van der Waals surface area contributed by atoms with Crippen molar-refractivity contribution >= 4 is 5.97 Å². The highest BCUT2D eigenvalue weighted by atomic mass is 16.6. The first-order valence-corrected chi connectivity index (χ1v) is 10.8. The van der Waals surface area contributed by atoms with Gasteiger partial charge in [0.05, 0.1) is 12.7 Å². The highest BCUT2D eigenvalue weighted by Crippen LogP contribution is 2.27. The maximum absolute atomic E-state index is 11.2. The van der Waals surface area contributed by atoms with E-state index in [1.807, 2.05) is 0 Å². The molecular formula is C25H33NO3. The predicted molar refractivity (Wildman–Crippen MR) is 115 cm³/mol. The van der Waals surface area contributed by atoms with Crippen LogP contribution in [-0.4, -0.2) is 36.2 Å². The molecule has 1 saturated carbocycles. The molecule has 2 aromatic carbocycles. The van der Waals surface area contributed by atoms with Crippen LogP contribution in [0.4, 0.5) is 0 Å². The Bertz CT molecular complexity index is 670. The van der Waals surface area contributed by atoms with E-state index in [-0.39, 0.29) is 12.1 Å². The highest BCUT2D eigenvalue weighted by Gasteiger charge is 2.26. The van der Waals surface area contributed by atoms with Gasteiger partial charge in [-0.2, -0.15) is 0 Å². The minimum Gasteiger partial charge on any atom is -0.463 e. The molecule has 0 atom stereocenters. The number of hydrogen-bond acceptors (Lipinski definition) is 4. The zero-order valence-electron chi connectivity index (χ0n) is 17.5. The van der Waals surface area contributed by atoms with Crippen molar-refractivity contribution in [2.75, 3.05) is 13.2 Å². The van der Waals surface area contributed by atoms with Crippen molar-refractivity contribution < 1.29 is 14.3 Å². The second-order valence-corrected chi connectivity index (χ2v) is 7.75. The molecule has 0 amide bonds. The van der Waals surface area contributed by atoms with E-state index in [9.17, 15) is 4.79 Å². The van der Waals surface area contributed by atoms with Gasteiger partial charge in [-0.1, -0.05) is 67.6 Å². The average Bonchev–Trinajstić information content (AvgIpc) is 2.78. The summed E-state index contributed by atoms with van der Waals surface area (Å²) in [6, 6.07) is 22.0. The van der Waals surface area contributed by atoms with Crippen molar-refractivity contribution in [1.29, 1.82) is 0 Å². The molecule has 4 nitrogen and oxygen atoms in total. The number of hydrogen-bond donors (Lipinski definition) is 0. The van der Waals surface area contributed by atoms with Crippen LogP contribution in [0.2, 0.25) is 0 Å². The van der Waals surface area contributed by atoms with Gasteiger partial charge >= 0.3 is 5.97 Å². The lowest BCUT2D eigenvalue weighted by Crippen LogP contribution is -2.39. The zero-order chi connectivity index (χ0) is 20.3. The fourth-order valence-corrected chi connectivity index (χ4v) is 4.00. The van der Waals surface area contributed by atoms with Crippen LogP contribution < -0.4 is 0 Å². The van der Waals surface area contributed by atoms with Crippen LogP contribution in [-0.2, 0) is 27.4 Å². The fourth-order valence-electron chi connectivity index (χ4n) is 4.00. The number of carbonyl (C=O) groups excluding carboxylic acids is 1. The normalized spacial score (nSPS) is 19.2. The molecule has 0 aromatic heterocycles. The molecule has 0 radical (unpaired) electrons. The molecule has 0 bridgehead atoms. The van der Waals surface area contributed by atoms with E-state index in [4.69, 9.17) is 9.47 Å². The van der Waals surface area contributed by atoms with Crippen LogP contribution in [0, 0.1) is 0 Å². The van der Waals surface area contributed by atoms with Crippen molar-refractivity contribution in [3.63, 3.8) is 0 Å². The summed E-state index contributed by atoms with van der Waals surface area (Å²) in [6.07, 6.45) is 5.10. The van der Waals surface area contributed by atoms with Gasteiger partial charge < -0.3 is 9.47 Å². The summed E-state index contributed by atoms with van der Waals surface area (Å²) in [5.41, 5.74) is 2.72. The fraction of sp³-hybridized carbons (Fsp3) is 0.480. The Labute approximate surface area is 174 Å². The van der Waals surface area contributed by atoms with Gasteiger partial charge in [0.15, 0.2) is 0 Å². The lowest BCUT2D eigenvalue weighted by molar-refractivity contribution is -0.145. The molecule has 1 fully saturated rings. The molecule has 0 saturated heterocycles. The molecule has 4 heteroatoms. The second kappa shape index (κ2) is 11.7. The van der Waals surface area contributed by atoms with Crippen molar-refractivity contribution in [2.24, 2.45) is 0 Å². The number of ether oxygens (including phenoxy) is 2. The molecule has 0 aliphatic heterocycles. The molecule has 2 aromatic rings. The third-order valence-electron chi connectivity index (χ3n) is 5.61. The molecule has 3 rings (SSSR count). The van der Waals surface area contributed by atoms with Gasteiger partial charge in [0, 0.05) is 25.6 Å². The standard InChI is InChI=1S/C25H33NO3/c1-2-25(27)29-18-17-28-24-15-13-23(14-16-24)26(19-21-9-5-3-6-10-21)20-22-11-7-4-8-12-22/h3-12,23-24H,2,13-20H2,1H3/t23-,24-. The summed E-state index contributed by atoms with van der Waals surface area (Å²) in [5, 5.41) is 0. The topological polar surface area (TPSA) is 38.8 Å². The molecule has 0 spiro atoms. The Morgan fingerprint density at radius 2 is 1.41 bits per heavy atom. The number of rotatable bonds is 10. The maximum Gasteiger partial charge on any atom is 0.305 e. The third-order valence-corrected chi connectivity index (χ3v) is 5.61. The minimum atomic E-state index is -0.158. The van der Waals surface area contributed by atoms with Gasteiger partial charge in [-0.3, -0.25) is 9.69 Å². The Hall–Kier alpha value is -2.17. The first kappa shape index (κ1) is 21.5. The molecule has 1 aliphatic carbocycles. The van der Waals surface area contributed by atoms with E-state index >= 15 is 0 Å². The van der Waals surface area contributed by atoms with E-state index in [0.29, 0.717) is 25.7 Å². The van der Waals surface area contributed by atoms with Crippen molar-refractivity contribution in [2.45, 2.75) is 64.3 Å². The summed E-state index contributed by atoms with van der Waals surface area (Å²) in [4.78, 5) is 13.8. The van der Waals surface area contributed by atoms with Crippen molar-refractivity contribution in [1.82, 2.24) is 4.90 Å². The maximum atomic E-state index is 11.2. The lowest BCUT2D eigenvalue weighted by atomic mass is 9.91. The largest absolute Gasteiger partial charge is 0.463 e. The van der Waals surface area contributed by atoms with E-state index < -0.39 is 0 Å². The molecule has 156 valence electrons. The summed E-state index contributed by atoms with van der Waals surface area (Å²) in [7, 11) is 0. The van der Waals surface area contributed by atoms with E-state index in [1.54, 1.807) is 6.92 Å².